The van der Waals surface area contributed by atoms with E-state index < -0.39 is 34.9 Å². The number of hydrogen-bond donors (Lipinski definition) is 2. The Morgan fingerprint density at radius 2 is 1.87 bits per heavy atom. The Morgan fingerprint density at radius 3 is 2.48 bits per heavy atom. The van der Waals surface area contributed by atoms with Gasteiger partial charge in [-0.3, -0.25) is 24.6 Å². The predicted molar refractivity (Wildman–Crippen MR) is 114 cm³/mol. The Bertz CT molecular complexity index is 1050. The third-order valence-corrected chi connectivity index (χ3v) is 5.34. The Kier molecular flexibility index (Phi) is 6.05. The van der Waals surface area contributed by atoms with E-state index in [0.29, 0.717) is 11.1 Å². The molecule has 1 fully saturated rings. The van der Waals surface area contributed by atoms with Crippen molar-refractivity contribution in [2.45, 2.75) is 39.2 Å². The zero-order valence-electron chi connectivity index (χ0n) is 17.6. The van der Waals surface area contributed by atoms with Gasteiger partial charge in [0.2, 0.25) is 5.91 Å². The minimum Gasteiger partial charge on any atom is -0.324 e. The second kappa shape index (κ2) is 8.55. The van der Waals surface area contributed by atoms with Gasteiger partial charge in [0.15, 0.2) is 0 Å². The molecular formula is C22H24N4O5. The Hall–Kier alpha value is -3.75. The number of urea groups is 1. The Balaban J connectivity index is 1.73. The van der Waals surface area contributed by atoms with E-state index in [9.17, 15) is 24.5 Å². The Morgan fingerprint density at radius 1 is 1.19 bits per heavy atom. The number of nitro groups is 1. The number of nitrogens with one attached hydrogen (secondary N) is 2. The van der Waals surface area contributed by atoms with Gasteiger partial charge in [0, 0.05) is 17.3 Å². The van der Waals surface area contributed by atoms with Crippen molar-refractivity contribution in [2.75, 3.05) is 11.9 Å². The monoisotopic (exact) mass is 424 g/mol. The van der Waals surface area contributed by atoms with Gasteiger partial charge in [-0.1, -0.05) is 43.7 Å². The van der Waals surface area contributed by atoms with Gasteiger partial charge < -0.3 is 10.6 Å². The summed E-state index contributed by atoms with van der Waals surface area (Å²) in [5, 5.41) is 16.2. The molecule has 162 valence electrons. The van der Waals surface area contributed by atoms with E-state index in [4.69, 9.17) is 0 Å². The standard InChI is InChI=1S/C22H24N4O5/c1-4-5-15-7-9-16(10-8-15)22(3)20(28)25(21(29)24-22)13-19(27)23-17-11-6-14(2)18(12-17)26(30)31/h6-12H,4-5,13H2,1-3H3,(H,23,27)(H,24,29). The molecular weight excluding hydrogens is 400 g/mol. The summed E-state index contributed by atoms with van der Waals surface area (Å²) >= 11 is 0. The fourth-order valence-electron chi connectivity index (χ4n) is 3.56. The number of hydrogen-bond acceptors (Lipinski definition) is 5. The van der Waals surface area contributed by atoms with Gasteiger partial charge in [0.05, 0.1) is 4.92 Å². The van der Waals surface area contributed by atoms with Crippen LogP contribution in [0.4, 0.5) is 16.2 Å². The summed E-state index contributed by atoms with van der Waals surface area (Å²) in [4.78, 5) is 49.3. The van der Waals surface area contributed by atoms with E-state index in [2.05, 4.69) is 17.6 Å². The molecule has 1 atom stereocenters. The van der Waals surface area contributed by atoms with E-state index in [1.54, 1.807) is 26.0 Å². The molecule has 0 spiro atoms. The molecule has 31 heavy (non-hydrogen) atoms. The number of imide groups is 1. The maximum absolute atomic E-state index is 13.0. The molecule has 0 radical (unpaired) electrons. The van der Waals surface area contributed by atoms with Crippen molar-refractivity contribution in [2.24, 2.45) is 0 Å². The number of benzene rings is 2. The second-order valence-corrected chi connectivity index (χ2v) is 7.70. The summed E-state index contributed by atoms with van der Waals surface area (Å²) in [5.41, 5.74) is 1.02. The predicted octanol–water partition coefficient (Wildman–Crippen LogP) is 3.26. The first-order valence-corrected chi connectivity index (χ1v) is 9.94. The summed E-state index contributed by atoms with van der Waals surface area (Å²) < 4.78 is 0. The highest BCUT2D eigenvalue weighted by Gasteiger charge is 2.49. The second-order valence-electron chi connectivity index (χ2n) is 7.70. The number of carbonyl (C=O) groups excluding carboxylic acids is 3. The van der Waals surface area contributed by atoms with Crippen LogP contribution in [0, 0.1) is 17.0 Å². The summed E-state index contributed by atoms with van der Waals surface area (Å²) in [6.45, 7) is 4.76. The van der Waals surface area contributed by atoms with Crippen LogP contribution in [-0.2, 0) is 21.5 Å². The van der Waals surface area contributed by atoms with Crippen molar-refractivity contribution in [3.63, 3.8) is 0 Å². The topological polar surface area (TPSA) is 122 Å². The third-order valence-electron chi connectivity index (χ3n) is 5.34. The average molecular weight is 424 g/mol. The molecule has 0 bridgehead atoms. The van der Waals surface area contributed by atoms with Crippen molar-refractivity contribution in [3.8, 4) is 0 Å². The van der Waals surface area contributed by atoms with Gasteiger partial charge in [0.25, 0.3) is 11.6 Å². The highest BCUT2D eigenvalue weighted by Crippen LogP contribution is 2.29. The molecule has 9 nitrogen and oxygen atoms in total. The van der Waals surface area contributed by atoms with Crippen LogP contribution in [0.3, 0.4) is 0 Å². The van der Waals surface area contributed by atoms with Gasteiger partial charge in [0.1, 0.15) is 12.1 Å². The molecule has 4 amide bonds. The van der Waals surface area contributed by atoms with Gasteiger partial charge in [-0.05, 0) is 37.5 Å². The molecule has 1 aliphatic rings. The lowest BCUT2D eigenvalue weighted by Gasteiger charge is -2.22. The maximum Gasteiger partial charge on any atom is 0.325 e. The zero-order valence-corrected chi connectivity index (χ0v) is 17.6. The molecule has 0 aromatic heterocycles. The van der Waals surface area contributed by atoms with E-state index >= 15 is 0 Å². The van der Waals surface area contributed by atoms with E-state index in [0.717, 1.165) is 23.3 Å². The molecule has 2 N–H and O–H groups in total. The van der Waals surface area contributed by atoms with Crippen LogP contribution in [0.1, 0.15) is 37.0 Å². The van der Waals surface area contributed by atoms with Crippen molar-refractivity contribution < 1.29 is 19.3 Å². The number of nitrogens with zero attached hydrogens (tertiary/aromatic N) is 2. The molecule has 2 aromatic carbocycles. The van der Waals surface area contributed by atoms with Crippen LogP contribution >= 0.6 is 0 Å². The fraction of sp³-hybridized carbons (Fsp3) is 0.318. The van der Waals surface area contributed by atoms with Crippen LogP contribution in [-0.4, -0.2) is 34.2 Å². The SMILES string of the molecule is CCCc1ccc(C2(C)NC(=O)N(CC(=O)Nc3ccc(C)c([N+](=O)[O-])c3)C2=O)cc1. The molecule has 2 aromatic rings. The lowest BCUT2D eigenvalue weighted by Crippen LogP contribution is -2.42. The number of aryl methyl sites for hydroxylation is 2. The van der Waals surface area contributed by atoms with Crippen LogP contribution < -0.4 is 10.6 Å². The van der Waals surface area contributed by atoms with Crippen molar-refractivity contribution in [3.05, 3.63) is 69.3 Å². The first-order chi connectivity index (χ1) is 14.7. The highest BCUT2D eigenvalue weighted by atomic mass is 16.6. The number of amides is 4. The molecule has 3 rings (SSSR count). The summed E-state index contributed by atoms with van der Waals surface area (Å²) in [7, 11) is 0. The normalized spacial score (nSPS) is 18.1. The van der Waals surface area contributed by atoms with Crippen LogP contribution in [0.15, 0.2) is 42.5 Å². The van der Waals surface area contributed by atoms with Crippen molar-refractivity contribution in [1.29, 1.82) is 0 Å². The lowest BCUT2D eigenvalue weighted by molar-refractivity contribution is -0.385. The maximum atomic E-state index is 13.0. The molecule has 1 aliphatic heterocycles. The first kappa shape index (κ1) is 21.9. The van der Waals surface area contributed by atoms with Gasteiger partial charge in [-0.15, -0.1) is 0 Å². The highest BCUT2D eigenvalue weighted by molar-refractivity contribution is 6.10. The molecule has 9 heteroatoms. The zero-order chi connectivity index (χ0) is 22.8. The molecule has 1 heterocycles. The minimum absolute atomic E-state index is 0.133. The number of nitro benzene ring substituents is 1. The fourth-order valence-corrected chi connectivity index (χ4v) is 3.56. The molecule has 0 saturated carbocycles. The summed E-state index contributed by atoms with van der Waals surface area (Å²) in [5.74, 6) is -1.17. The smallest absolute Gasteiger partial charge is 0.324 e. The lowest BCUT2D eigenvalue weighted by atomic mass is 9.91. The minimum atomic E-state index is -1.27. The summed E-state index contributed by atoms with van der Waals surface area (Å²) in [6.07, 6.45) is 1.92. The average Bonchev–Trinajstić information content (AvgIpc) is 2.94. The first-order valence-electron chi connectivity index (χ1n) is 9.94. The van der Waals surface area contributed by atoms with E-state index in [1.165, 1.54) is 18.2 Å². The number of anilines is 1. The van der Waals surface area contributed by atoms with Crippen molar-refractivity contribution in [1.82, 2.24) is 10.2 Å². The van der Waals surface area contributed by atoms with Gasteiger partial charge >= 0.3 is 6.03 Å². The van der Waals surface area contributed by atoms with Crippen molar-refractivity contribution >= 4 is 29.2 Å². The van der Waals surface area contributed by atoms with E-state index in [-0.39, 0.29) is 11.4 Å². The largest absolute Gasteiger partial charge is 0.325 e. The molecule has 1 unspecified atom stereocenters. The number of carbonyl (C=O) groups is 3. The quantitative estimate of drug-likeness (QED) is 0.401. The molecule has 0 aliphatic carbocycles. The third kappa shape index (κ3) is 4.40. The van der Waals surface area contributed by atoms with Gasteiger partial charge in [-0.25, -0.2) is 4.79 Å². The number of rotatable bonds is 7. The van der Waals surface area contributed by atoms with E-state index in [1.807, 2.05) is 12.1 Å². The van der Waals surface area contributed by atoms with Crippen LogP contribution in [0.2, 0.25) is 0 Å². The Labute approximate surface area is 179 Å². The van der Waals surface area contributed by atoms with Gasteiger partial charge in [-0.2, -0.15) is 0 Å². The van der Waals surface area contributed by atoms with Crippen LogP contribution in [0.5, 0.6) is 0 Å². The summed E-state index contributed by atoms with van der Waals surface area (Å²) in [6, 6.07) is 11.0. The van der Waals surface area contributed by atoms with Crippen LogP contribution in [0.25, 0.3) is 0 Å². The molecule has 1 saturated heterocycles.